The summed E-state index contributed by atoms with van der Waals surface area (Å²) < 4.78 is 0. The molecule has 0 saturated carbocycles. The molecule has 0 aliphatic heterocycles. The van der Waals surface area contributed by atoms with Crippen molar-refractivity contribution >= 4 is 55.8 Å². The van der Waals surface area contributed by atoms with E-state index >= 15 is 0 Å². The second-order valence-corrected chi connectivity index (χ2v) is 2.52. The van der Waals surface area contributed by atoms with Gasteiger partial charge in [-0.1, -0.05) is 0 Å². The van der Waals surface area contributed by atoms with Crippen molar-refractivity contribution in [2.45, 2.75) is 0 Å². The summed E-state index contributed by atoms with van der Waals surface area (Å²) in [6.07, 6.45) is 0. The fraction of sp³-hybridized carbons (Fsp3) is 0.500. The number of carboxylic acid groups (broad SMARTS) is 3. The first-order valence-corrected chi connectivity index (χ1v) is 5.07. The summed E-state index contributed by atoms with van der Waals surface area (Å²) in [7, 11) is 0. The van der Waals surface area contributed by atoms with Crippen LogP contribution in [0.3, 0.4) is 0 Å². The van der Waals surface area contributed by atoms with Crippen molar-refractivity contribution in [2.24, 2.45) is 0 Å². The number of carbonyl (C=O) groups is 3. The van der Waals surface area contributed by atoms with Gasteiger partial charge in [0.1, 0.15) is 0 Å². The topological polar surface area (TPSA) is 118 Å². The molecule has 0 bridgehead atoms. The van der Waals surface area contributed by atoms with E-state index in [9.17, 15) is 14.7 Å². The minimum atomic E-state index is -1.18. The van der Waals surface area contributed by atoms with Gasteiger partial charge in [-0.3, -0.25) is 4.79 Å². The minimum Gasteiger partial charge on any atom is -0.787 e. The maximum absolute atomic E-state index is 9.29. The van der Waals surface area contributed by atoms with E-state index in [4.69, 9.17) is 15.0 Å². The summed E-state index contributed by atoms with van der Waals surface area (Å²) in [4.78, 5) is 27.6. The fourth-order valence-electron chi connectivity index (χ4n) is 0. The van der Waals surface area contributed by atoms with Crippen LogP contribution >= 0.6 is 25.3 Å². The Labute approximate surface area is 142 Å². The van der Waals surface area contributed by atoms with Gasteiger partial charge in [0.2, 0.25) is 0 Å². The van der Waals surface area contributed by atoms with Crippen molar-refractivity contribution < 1.29 is 71.0 Å². The molecule has 0 aromatic carbocycles. The third-order valence-electron chi connectivity index (χ3n) is 0.382. The Bertz CT molecular complexity index is 167. The van der Waals surface area contributed by atoms with Gasteiger partial charge in [-0.15, -0.1) is 5.75 Å². The standard InChI is InChI=1S/3C2H4O2S.Pr/c3*3-2(4)1-5;/h3*5H,1H2,(H,3,4);/q;;;+3/p-3. The van der Waals surface area contributed by atoms with Gasteiger partial charge in [-0.2, -0.15) is 25.3 Å². The maximum atomic E-state index is 9.29. The van der Waals surface area contributed by atoms with E-state index in [1.54, 1.807) is 0 Å². The van der Waals surface area contributed by atoms with E-state index < -0.39 is 17.9 Å². The number of carboxylic acids is 3. The number of aliphatic carboxylic acids is 3. The predicted molar refractivity (Wildman–Crippen MR) is 57.6 cm³/mol. The molecule has 6 nitrogen and oxygen atoms in total. The summed E-state index contributed by atoms with van der Waals surface area (Å²) in [6.45, 7) is 0. The Morgan fingerprint density at radius 1 is 1.06 bits per heavy atom. The molecule has 0 aromatic heterocycles. The van der Waals surface area contributed by atoms with Crippen LogP contribution in [0.1, 0.15) is 0 Å². The molecule has 0 atom stereocenters. The Kier molecular flexibility index (Phi) is 33.9. The molecule has 0 rings (SSSR count). The summed E-state index contributed by atoms with van der Waals surface area (Å²) in [5.41, 5.74) is 0. The summed E-state index contributed by atoms with van der Waals surface area (Å²) in [6, 6.07) is 0. The van der Waals surface area contributed by atoms with Crippen LogP contribution in [0, 0.1) is 41.3 Å². The average molecular weight is 414 g/mol. The zero-order chi connectivity index (χ0) is 12.9. The quantitative estimate of drug-likeness (QED) is 0.332. The zero-order valence-electron chi connectivity index (χ0n) is 7.99. The van der Waals surface area contributed by atoms with Crippen LogP contribution in [0.2, 0.25) is 0 Å². The van der Waals surface area contributed by atoms with Gasteiger partial charge >= 0.3 is 47.3 Å². The number of hydrogen-bond donors (Lipinski definition) is 3. The Balaban J connectivity index is -0.0000000655. The van der Waals surface area contributed by atoms with Crippen LogP contribution in [-0.4, -0.2) is 40.3 Å². The first kappa shape index (κ1) is 25.6. The molecule has 0 radical (unpaired) electrons. The molecule has 0 heterocycles. The molecular formula is C6H9O6PrS3. The summed E-state index contributed by atoms with van der Waals surface area (Å²) >= 11 is 10.8. The molecule has 16 heavy (non-hydrogen) atoms. The first-order chi connectivity index (χ1) is 6.81. The fourth-order valence-corrected chi connectivity index (χ4v) is 0. The second kappa shape index (κ2) is 21.1. The van der Waals surface area contributed by atoms with Gasteiger partial charge in [0.05, 0.1) is 11.7 Å². The second-order valence-electron chi connectivity index (χ2n) is 1.60. The van der Waals surface area contributed by atoms with Gasteiger partial charge in [-0.05, 0) is 0 Å². The molecule has 0 aliphatic rings. The van der Waals surface area contributed by atoms with Crippen LogP contribution in [0.5, 0.6) is 0 Å². The molecule has 10 heteroatoms. The minimum absolute atomic E-state index is 0. The molecule has 0 amide bonds. The first-order valence-electron chi connectivity index (χ1n) is 3.23. The average Bonchev–Trinajstić information content (AvgIpc) is 2.19. The Hall–Kier alpha value is 0.824. The van der Waals surface area contributed by atoms with Crippen LogP contribution in [-0.2, 0) is 27.0 Å². The normalized spacial score (nSPS) is 6.94. The van der Waals surface area contributed by atoms with Gasteiger partial charge in [-0.25, -0.2) is 0 Å². The number of hydrogen-bond acceptors (Lipinski definition) is 8. The molecule has 1 N–H and O–H groups in total. The van der Waals surface area contributed by atoms with Crippen LogP contribution in [0.25, 0.3) is 0 Å². The summed E-state index contributed by atoms with van der Waals surface area (Å²) in [5, 5.41) is 26.0. The van der Waals surface area contributed by atoms with E-state index in [0.717, 1.165) is 0 Å². The third kappa shape index (κ3) is 60.8. The van der Waals surface area contributed by atoms with Crippen molar-refractivity contribution in [3.05, 3.63) is 0 Å². The van der Waals surface area contributed by atoms with Crippen LogP contribution in [0.4, 0.5) is 0 Å². The summed E-state index contributed by atoms with van der Waals surface area (Å²) in [5.74, 6) is -3.78. The van der Waals surface area contributed by atoms with Crippen molar-refractivity contribution in [1.82, 2.24) is 0 Å². The van der Waals surface area contributed by atoms with Crippen molar-refractivity contribution in [2.75, 3.05) is 17.3 Å². The molecule has 0 spiro atoms. The molecule has 0 saturated heterocycles. The third-order valence-corrected chi connectivity index (χ3v) is 1.15. The largest absolute Gasteiger partial charge is 3.00 e. The molecule has 0 aromatic rings. The smallest absolute Gasteiger partial charge is 0.787 e. The molecule has 0 aliphatic carbocycles. The van der Waals surface area contributed by atoms with Crippen molar-refractivity contribution in [3.8, 4) is 0 Å². The van der Waals surface area contributed by atoms with Gasteiger partial charge in [0.15, 0.2) is 0 Å². The van der Waals surface area contributed by atoms with Crippen molar-refractivity contribution in [1.29, 1.82) is 0 Å². The van der Waals surface area contributed by atoms with E-state index in [1.807, 2.05) is 0 Å². The monoisotopic (exact) mass is 414 g/mol. The Morgan fingerprint density at radius 2 is 1.25 bits per heavy atom. The SMILES string of the molecule is O=C(O)CS.O=C([O-])CS.O=C([O-])C[S-].[Pr+3]. The molecule has 90 valence electrons. The van der Waals surface area contributed by atoms with Gasteiger partial charge < -0.3 is 37.5 Å². The number of rotatable bonds is 3. The van der Waals surface area contributed by atoms with Crippen LogP contribution < -0.4 is 10.2 Å². The van der Waals surface area contributed by atoms with Gasteiger partial charge in [0, 0.05) is 11.7 Å². The van der Waals surface area contributed by atoms with E-state index in [0.29, 0.717) is 0 Å². The molecule has 0 fully saturated rings. The van der Waals surface area contributed by atoms with Crippen LogP contribution in [0.15, 0.2) is 0 Å². The van der Waals surface area contributed by atoms with E-state index in [-0.39, 0.29) is 58.6 Å². The molecule has 0 unspecified atom stereocenters. The molecular weight excluding hydrogens is 405 g/mol. The maximum Gasteiger partial charge on any atom is 3.00 e. The predicted octanol–water partition coefficient (Wildman–Crippen LogP) is -3.05. The number of thiol groups is 2. The van der Waals surface area contributed by atoms with E-state index in [2.05, 4.69) is 37.9 Å². The number of carbonyl (C=O) groups excluding carboxylic acids is 2. The van der Waals surface area contributed by atoms with E-state index in [1.165, 1.54) is 0 Å². The zero-order valence-corrected chi connectivity index (χ0v) is 14.3. The van der Waals surface area contributed by atoms with Gasteiger partial charge in [0.25, 0.3) is 0 Å². The van der Waals surface area contributed by atoms with Crippen molar-refractivity contribution in [3.63, 3.8) is 0 Å². The Morgan fingerprint density at radius 3 is 1.25 bits per heavy atom.